The molecule has 1 fully saturated rings. The summed E-state index contributed by atoms with van der Waals surface area (Å²) in [5.41, 5.74) is 0.153. The first kappa shape index (κ1) is 11.7. The van der Waals surface area contributed by atoms with E-state index in [1.807, 2.05) is 0 Å². The Balaban J connectivity index is 2.21. The Morgan fingerprint density at radius 1 is 1.38 bits per heavy atom. The second-order valence-corrected chi connectivity index (χ2v) is 6.27. The van der Waals surface area contributed by atoms with Crippen LogP contribution < -0.4 is 0 Å². The fourth-order valence-electron chi connectivity index (χ4n) is 2.73. The Kier molecular flexibility index (Phi) is 2.85. The number of hydrogen-bond acceptors (Lipinski definition) is 2. The molecular weight excluding hydrogens is 200 g/mol. The van der Waals surface area contributed by atoms with Gasteiger partial charge >= 0.3 is 0 Å². The molecule has 3 atom stereocenters. The zero-order valence-corrected chi connectivity index (χ0v) is 10.7. The lowest BCUT2D eigenvalue weighted by Gasteiger charge is -2.43. The fraction of sp³-hybridized carbons (Fsp3) is 0.786. The lowest BCUT2D eigenvalue weighted by Crippen LogP contribution is -2.42. The van der Waals surface area contributed by atoms with Crippen LogP contribution in [0.5, 0.6) is 0 Å². The number of ether oxygens (including phenoxy) is 1. The van der Waals surface area contributed by atoms with Crippen molar-refractivity contribution < 1.29 is 9.53 Å². The van der Waals surface area contributed by atoms with E-state index in [1.165, 1.54) is 0 Å². The highest BCUT2D eigenvalue weighted by molar-refractivity contribution is 5.85. The van der Waals surface area contributed by atoms with Crippen LogP contribution in [0.3, 0.4) is 0 Å². The predicted octanol–water partition coefficient (Wildman–Crippen LogP) is 3.32. The molecule has 1 aliphatic heterocycles. The van der Waals surface area contributed by atoms with Gasteiger partial charge in [0.2, 0.25) is 0 Å². The van der Waals surface area contributed by atoms with Crippen molar-refractivity contribution in [2.45, 2.75) is 53.1 Å². The molecular formula is C14H22O2. The van der Waals surface area contributed by atoms with E-state index in [2.05, 4.69) is 33.8 Å². The van der Waals surface area contributed by atoms with Crippen LogP contribution in [0.4, 0.5) is 0 Å². The zero-order chi connectivity index (χ0) is 11.9. The molecule has 16 heavy (non-hydrogen) atoms. The van der Waals surface area contributed by atoms with Crippen LogP contribution in [0.2, 0.25) is 0 Å². The van der Waals surface area contributed by atoms with Crippen LogP contribution in [-0.4, -0.2) is 11.9 Å². The van der Waals surface area contributed by atoms with Gasteiger partial charge in [-0.05, 0) is 30.3 Å². The van der Waals surface area contributed by atoms with Crippen molar-refractivity contribution in [1.82, 2.24) is 0 Å². The third-order valence-electron chi connectivity index (χ3n) is 3.79. The Morgan fingerprint density at radius 2 is 2.06 bits per heavy atom. The molecule has 90 valence electrons. The molecule has 0 aromatic heterocycles. The van der Waals surface area contributed by atoms with Crippen LogP contribution in [0, 0.1) is 17.3 Å². The molecule has 0 bridgehead atoms. The van der Waals surface area contributed by atoms with Gasteiger partial charge in [0, 0.05) is 6.42 Å². The lowest BCUT2D eigenvalue weighted by molar-refractivity contribution is -0.131. The fourth-order valence-corrected chi connectivity index (χ4v) is 2.73. The van der Waals surface area contributed by atoms with Crippen LogP contribution in [0.25, 0.3) is 0 Å². The van der Waals surface area contributed by atoms with E-state index in [0.717, 1.165) is 18.6 Å². The van der Waals surface area contributed by atoms with E-state index >= 15 is 0 Å². The van der Waals surface area contributed by atoms with Crippen molar-refractivity contribution in [2.24, 2.45) is 17.3 Å². The standard InChI is InChI=1S/C14H22O2/c1-9-8-12(14(2,3)4)16-11-7-5-6-10(15)13(9)11/h7,9,12-13H,5-6,8H2,1-4H3. The van der Waals surface area contributed by atoms with Gasteiger partial charge in [0.15, 0.2) is 0 Å². The highest BCUT2D eigenvalue weighted by Crippen LogP contribution is 2.42. The van der Waals surface area contributed by atoms with Gasteiger partial charge in [-0.25, -0.2) is 0 Å². The maximum Gasteiger partial charge on any atom is 0.144 e. The normalized spacial score (nSPS) is 35.1. The van der Waals surface area contributed by atoms with Gasteiger partial charge in [-0.1, -0.05) is 27.7 Å². The summed E-state index contributed by atoms with van der Waals surface area (Å²) in [7, 11) is 0. The van der Waals surface area contributed by atoms with E-state index in [0.29, 0.717) is 18.1 Å². The van der Waals surface area contributed by atoms with E-state index in [4.69, 9.17) is 4.74 Å². The van der Waals surface area contributed by atoms with Gasteiger partial charge in [-0.15, -0.1) is 0 Å². The van der Waals surface area contributed by atoms with Gasteiger partial charge in [-0.2, -0.15) is 0 Å². The van der Waals surface area contributed by atoms with Crippen molar-refractivity contribution in [3.05, 3.63) is 11.8 Å². The van der Waals surface area contributed by atoms with Crippen molar-refractivity contribution >= 4 is 5.78 Å². The molecule has 0 radical (unpaired) electrons. The van der Waals surface area contributed by atoms with E-state index in [-0.39, 0.29) is 17.4 Å². The molecule has 2 rings (SSSR count). The Labute approximate surface area is 98.1 Å². The highest BCUT2D eigenvalue weighted by Gasteiger charge is 2.42. The van der Waals surface area contributed by atoms with Crippen molar-refractivity contribution in [2.75, 3.05) is 0 Å². The topological polar surface area (TPSA) is 26.3 Å². The van der Waals surface area contributed by atoms with Crippen LogP contribution >= 0.6 is 0 Å². The maximum absolute atomic E-state index is 11.9. The third-order valence-corrected chi connectivity index (χ3v) is 3.79. The predicted molar refractivity (Wildman–Crippen MR) is 63.9 cm³/mol. The first-order chi connectivity index (χ1) is 7.39. The highest BCUT2D eigenvalue weighted by atomic mass is 16.5. The summed E-state index contributed by atoms with van der Waals surface area (Å²) in [6, 6.07) is 0. The average molecular weight is 222 g/mol. The van der Waals surface area contributed by atoms with Crippen LogP contribution in [0.1, 0.15) is 47.0 Å². The molecule has 0 amide bonds. The smallest absolute Gasteiger partial charge is 0.144 e. The summed E-state index contributed by atoms with van der Waals surface area (Å²) >= 11 is 0. The molecule has 2 nitrogen and oxygen atoms in total. The summed E-state index contributed by atoms with van der Waals surface area (Å²) in [5.74, 6) is 1.80. The Hall–Kier alpha value is -0.790. The molecule has 2 heteroatoms. The SMILES string of the molecule is CC1CC(C(C)(C)C)OC2=CCCC(=O)C21. The van der Waals surface area contributed by atoms with Gasteiger partial charge in [0.05, 0.1) is 5.92 Å². The minimum absolute atomic E-state index is 0.0485. The van der Waals surface area contributed by atoms with E-state index in [1.54, 1.807) is 0 Å². The second kappa shape index (κ2) is 3.90. The number of carbonyl (C=O) groups excluding carboxylic acids is 1. The maximum atomic E-state index is 11.9. The molecule has 1 saturated heterocycles. The van der Waals surface area contributed by atoms with Crippen molar-refractivity contribution in [3.63, 3.8) is 0 Å². The molecule has 0 spiro atoms. The lowest BCUT2D eigenvalue weighted by atomic mass is 9.73. The number of rotatable bonds is 0. The summed E-state index contributed by atoms with van der Waals surface area (Å²) in [6.45, 7) is 8.80. The molecule has 0 N–H and O–H groups in total. The molecule has 0 saturated carbocycles. The molecule has 3 unspecified atom stereocenters. The molecule has 2 aliphatic rings. The zero-order valence-electron chi connectivity index (χ0n) is 10.7. The van der Waals surface area contributed by atoms with Gasteiger partial charge in [0.25, 0.3) is 0 Å². The monoisotopic (exact) mass is 222 g/mol. The second-order valence-electron chi connectivity index (χ2n) is 6.27. The number of Topliss-reactive ketones (excluding diaryl/α,β-unsaturated/α-hetero) is 1. The summed E-state index contributed by atoms with van der Waals surface area (Å²) in [4.78, 5) is 11.9. The van der Waals surface area contributed by atoms with Crippen molar-refractivity contribution in [1.29, 1.82) is 0 Å². The Morgan fingerprint density at radius 3 is 2.69 bits per heavy atom. The molecule has 1 aliphatic carbocycles. The molecule has 0 aromatic rings. The number of ketones is 1. The van der Waals surface area contributed by atoms with Crippen LogP contribution in [0.15, 0.2) is 11.8 Å². The first-order valence-electron chi connectivity index (χ1n) is 6.29. The van der Waals surface area contributed by atoms with Gasteiger partial charge in [-0.3, -0.25) is 4.79 Å². The van der Waals surface area contributed by atoms with E-state index in [9.17, 15) is 4.79 Å². The molecule has 0 aromatic carbocycles. The number of carbonyl (C=O) groups is 1. The largest absolute Gasteiger partial charge is 0.494 e. The van der Waals surface area contributed by atoms with Crippen molar-refractivity contribution in [3.8, 4) is 0 Å². The van der Waals surface area contributed by atoms with Gasteiger partial charge < -0.3 is 4.74 Å². The molecule has 1 heterocycles. The summed E-state index contributed by atoms with van der Waals surface area (Å²) < 4.78 is 6.04. The minimum Gasteiger partial charge on any atom is -0.494 e. The average Bonchev–Trinajstić information content (AvgIpc) is 2.15. The number of fused-ring (bicyclic) bond motifs is 1. The van der Waals surface area contributed by atoms with Crippen LogP contribution in [-0.2, 0) is 9.53 Å². The number of allylic oxidation sites excluding steroid dienone is 2. The first-order valence-corrected chi connectivity index (χ1v) is 6.29. The van der Waals surface area contributed by atoms with E-state index < -0.39 is 0 Å². The third kappa shape index (κ3) is 2.02. The minimum atomic E-state index is 0.0485. The summed E-state index contributed by atoms with van der Waals surface area (Å²) in [6.07, 6.45) is 4.92. The summed E-state index contributed by atoms with van der Waals surface area (Å²) in [5, 5.41) is 0. The number of hydrogen-bond donors (Lipinski definition) is 0. The van der Waals surface area contributed by atoms with Gasteiger partial charge in [0.1, 0.15) is 17.6 Å². The quantitative estimate of drug-likeness (QED) is 0.628. The Bertz CT molecular complexity index is 322.